The highest BCUT2D eigenvalue weighted by atomic mass is 16.5. The van der Waals surface area contributed by atoms with Crippen LogP contribution in [-0.2, 0) is 4.74 Å². The van der Waals surface area contributed by atoms with Gasteiger partial charge in [0.05, 0.1) is 26.0 Å². The van der Waals surface area contributed by atoms with Crippen LogP contribution in [0.5, 0.6) is 0 Å². The zero-order chi connectivity index (χ0) is 9.40. The van der Waals surface area contributed by atoms with E-state index in [1.54, 1.807) is 0 Å². The molecule has 1 atom stereocenters. The van der Waals surface area contributed by atoms with Gasteiger partial charge in [-0.25, -0.2) is 0 Å². The van der Waals surface area contributed by atoms with E-state index in [-0.39, 0.29) is 6.61 Å². The van der Waals surface area contributed by atoms with Gasteiger partial charge in [-0.15, -0.1) is 0 Å². The molecular weight excluding hydrogens is 156 g/mol. The molecule has 0 aromatic carbocycles. The Balaban J connectivity index is 3.08. The Morgan fingerprint density at radius 3 is 2.58 bits per heavy atom. The number of aliphatic hydroxyl groups is 1. The van der Waals surface area contributed by atoms with E-state index in [2.05, 4.69) is 17.1 Å². The average Bonchev–Trinajstić information content (AvgIpc) is 2.03. The Morgan fingerprint density at radius 2 is 2.08 bits per heavy atom. The minimum absolute atomic E-state index is 0.100. The van der Waals surface area contributed by atoms with Gasteiger partial charge in [0.25, 0.3) is 0 Å². The van der Waals surface area contributed by atoms with Crippen LogP contribution < -0.4 is 5.32 Å². The summed E-state index contributed by atoms with van der Waals surface area (Å²) in [7, 11) is 4.04. The van der Waals surface area contributed by atoms with Crippen LogP contribution in [0.25, 0.3) is 0 Å². The van der Waals surface area contributed by atoms with E-state index in [0.717, 1.165) is 6.54 Å². The largest absolute Gasteiger partial charge is 0.394 e. The summed E-state index contributed by atoms with van der Waals surface area (Å²) in [5.41, 5.74) is 0. The quantitative estimate of drug-likeness (QED) is 0.405. The summed E-state index contributed by atoms with van der Waals surface area (Å²) in [6.45, 7) is 4.09. The first kappa shape index (κ1) is 11.8. The van der Waals surface area contributed by atoms with Crippen LogP contribution in [-0.4, -0.2) is 56.6 Å². The molecule has 0 amide bonds. The lowest BCUT2D eigenvalue weighted by Crippen LogP contribution is -2.40. The predicted octanol–water partition coefficient (Wildman–Crippen LogP) is -0.507. The van der Waals surface area contributed by atoms with Crippen molar-refractivity contribution in [2.24, 2.45) is 0 Å². The topological polar surface area (TPSA) is 44.7 Å². The fourth-order valence-electron chi connectivity index (χ4n) is 0.689. The molecular formula is C8H20N2O2. The fraction of sp³-hybridized carbons (Fsp3) is 1.00. The lowest BCUT2D eigenvalue weighted by atomic mass is 10.5. The molecule has 2 N–H and O–H groups in total. The average molecular weight is 176 g/mol. The predicted molar refractivity (Wildman–Crippen MR) is 49.1 cm³/mol. The first-order valence-electron chi connectivity index (χ1n) is 4.27. The van der Waals surface area contributed by atoms with Crippen molar-refractivity contribution in [3.8, 4) is 0 Å². The van der Waals surface area contributed by atoms with E-state index in [4.69, 9.17) is 9.84 Å². The molecule has 0 radical (unpaired) electrons. The molecule has 0 aromatic heterocycles. The van der Waals surface area contributed by atoms with Gasteiger partial charge in [0.1, 0.15) is 0 Å². The van der Waals surface area contributed by atoms with Gasteiger partial charge in [-0.1, -0.05) is 0 Å². The minimum Gasteiger partial charge on any atom is -0.394 e. The Hall–Kier alpha value is -0.160. The van der Waals surface area contributed by atoms with E-state index in [9.17, 15) is 0 Å². The molecule has 0 aromatic rings. The third-order valence-corrected chi connectivity index (χ3v) is 1.70. The summed E-state index contributed by atoms with van der Waals surface area (Å²) in [5.74, 6) is 0. The van der Waals surface area contributed by atoms with Crippen molar-refractivity contribution >= 4 is 0 Å². The number of nitrogens with one attached hydrogen (secondary N) is 1. The van der Waals surface area contributed by atoms with E-state index in [0.29, 0.717) is 19.4 Å². The van der Waals surface area contributed by atoms with Gasteiger partial charge in [-0.3, -0.25) is 10.2 Å². The van der Waals surface area contributed by atoms with E-state index in [1.807, 2.05) is 14.1 Å². The lowest BCUT2D eigenvalue weighted by molar-refractivity contribution is 0.0893. The van der Waals surface area contributed by atoms with Crippen molar-refractivity contribution in [2.45, 2.75) is 13.1 Å². The Morgan fingerprint density at radius 1 is 1.42 bits per heavy atom. The van der Waals surface area contributed by atoms with Crippen LogP contribution in [0.4, 0.5) is 0 Å². The second-order valence-electron chi connectivity index (χ2n) is 2.93. The highest BCUT2D eigenvalue weighted by Crippen LogP contribution is 1.84. The first-order valence-corrected chi connectivity index (χ1v) is 4.27. The number of aliphatic hydroxyl groups excluding tert-OH is 1. The molecule has 12 heavy (non-hydrogen) atoms. The van der Waals surface area contributed by atoms with Crippen molar-refractivity contribution in [3.63, 3.8) is 0 Å². The molecule has 4 nitrogen and oxygen atoms in total. The van der Waals surface area contributed by atoms with Gasteiger partial charge in [0.15, 0.2) is 0 Å². The second kappa shape index (κ2) is 7.49. The van der Waals surface area contributed by atoms with Crippen molar-refractivity contribution in [3.05, 3.63) is 0 Å². The van der Waals surface area contributed by atoms with Gasteiger partial charge in [0.2, 0.25) is 0 Å². The standard InChI is InChI=1S/C8H20N2O2/c1-8(10(2)3)9-4-6-12-7-5-11/h8-9,11H,4-7H2,1-3H3. The van der Waals surface area contributed by atoms with E-state index in [1.165, 1.54) is 0 Å². The van der Waals surface area contributed by atoms with Gasteiger partial charge in [-0.05, 0) is 21.0 Å². The summed E-state index contributed by atoms with van der Waals surface area (Å²) in [4.78, 5) is 2.09. The molecule has 1 unspecified atom stereocenters. The summed E-state index contributed by atoms with van der Waals surface area (Å²) in [5, 5.41) is 11.7. The van der Waals surface area contributed by atoms with Gasteiger partial charge in [-0.2, -0.15) is 0 Å². The maximum absolute atomic E-state index is 8.41. The summed E-state index contributed by atoms with van der Waals surface area (Å²) in [6.07, 6.45) is 0.364. The highest BCUT2D eigenvalue weighted by Gasteiger charge is 2.00. The maximum Gasteiger partial charge on any atom is 0.0698 e. The second-order valence-corrected chi connectivity index (χ2v) is 2.93. The lowest BCUT2D eigenvalue weighted by Gasteiger charge is -2.20. The maximum atomic E-state index is 8.41. The molecule has 0 heterocycles. The fourth-order valence-corrected chi connectivity index (χ4v) is 0.689. The van der Waals surface area contributed by atoms with Crippen LogP contribution in [0.2, 0.25) is 0 Å². The molecule has 0 aliphatic heterocycles. The number of ether oxygens (including phenoxy) is 1. The third kappa shape index (κ3) is 6.54. The molecule has 0 spiro atoms. The minimum atomic E-state index is 0.100. The smallest absolute Gasteiger partial charge is 0.0698 e. The Labute approximate surface area is 74.5 Å². The zero-order valence-electron chi connectivity index (χ0n) is 8.21. The molecule has 0 fully saturated rings. The van der Waals surface area contributed by atoms with Crippen LogP contribution in [0.15, 0.2) is 0 Å². The molecule has 0 saturated carbocycles. The Bertz CT molecular complexity index is 99.1. The highest BCUT2D eigenvalue weighted by molar-refractivity contribution is 4.55. The molecule has 0 aliphatic carbocycles. The van der Waals surface area contributed by atoms with Crippen molar-refractivity contribution in [2.75, 3.05) is 40.5 Å². The van der Waals surface area contributed by atoms with Crippen LogP contribution in [0.1, 0.15) is 6.92 Å². The third-order valence-electron chi connectivity index (χ3n) is 1.70. The molecule has 74 valence electrons. The molecule has 0 saturated heterocycles. The van der Waals surface area contributed by atoms with Crippen LogP contribution in [0.3, 0.4) is 0 Å². The van der Waals surface area contributed by atoms with Gasteiger partial charge < -0.3 is 9.84 Å². The summed E-state index contributed by atoms with van der Waals surface area (Å²) in [6, 6.07) is 0. The van der Waals surface area contributed by atoms with Crippen molar-refractivity contribution in [1.29, 1.82) is 0 Å². The number of hydrogen-bond acceptors (Lipinski definition) is 4. The zero-order valence-corrected chi connectivity index (χ0v) is 8.21. The molecule has 0 bridgehead atoms. The molecule has 0 aliphatic rings. The molecule has 4 heteroatoms. The number of rotatable bonds is 7. The van der Waals surface area contributed by atoms with Gasteiger partial charge >= 0.3 is 0 Å². The molecule has 0 rings (SSSR count). The summed E-state index contributed by atoms with van der Waals surface area (Å²) < 4.78 is 5.08. The normalized spacial score (nSPS) is 13.8. The number of nitrogens with zero attached hydrogens (tertiary/aromatic N) is 1. The first-order chi connectivity index (χ1) is 5.68. The number of hydrogen-bond donors (Lipinski definition) is 2. The van der Waals surface area contributed by atoms with Crippen molar-refractivity contribution in [1.82, 2.24) is 10.2 Å². The van der Waals surface area contributed by atoms with Crippen molar-refractivity contribution < 1.29 is 9.84 Å². The SMILES string of the molecule is CC(NCCOCCO)N(C)C. The Kier molecular flexibility index (Phi) is 7.39. The van der Waals surface area contributed by atoms with E-state index < -0.39 is 0 Å². The monoisotopic (exact) mass is 176 g/mol. The van der Waals surface area contributed by atoms with Gasteiger partial charge in [0, 0.05) is 6.54 Å². The van der Waals surface area contributed by atoms with Crippen LogP contribution >= 0.6 is 0 Å². The van der Waals surface area contributed by atoms with Crippen LogP contribution in [0, 0.1) is 0 Å². The summed E-state index contributed by atoms with van der Waals surface area (Å²) >= 11 is 0. The van der Waals surface area contributed by atoms with E-state index >= 15 is 0 Å².